The molecule has 0 fully saturated rings. The van der Waals surface area contributed by atoms with Crippen molar-refractivity contribution in [3.63, 3.8) is 0 Å². The van der Waals surface area contributed by atoms with E-state index in [4.69, 9.17) is 5.11 Å². The van der Waals surface area contributed by atoms with Crippen molar-refractivity contribution in [2.75, 3.05) is 52.4 Å². The number of aliphatic hydroxyl groups is 1. The molecular formula is C40H78N6O7. The van der Waals surface area contributed by atoms with Gasteiger partial charge in [0, 0.05) is 71.0 Å². The number of nitrogens with zero attached hydrogens (tertiary/aromatic N) is 2. The van der Waals surface area contributed by atoms with Crippen LogP contribution in [0.3, 0.4) is 0 Å². The van der Waals surface area contributed by atoms with Crippen LogP contribution in [0.4, 0.5) is 0 Å². The van der Waals surface area contributed by atoms with E-state index in [2.05, 4.69) is 55.9 Å². The first-order chi connectivity index (χ1) is 24.5. The van der Waals surface area contributed by atoms with Crippen LogP contribution in [0.2, 0.25) is 0 Å². The van der Waals surface area contributed by atoms with Gasteiger partial charge in [-0.1, -0.05) is 95.9 Å². The summed E-state index contributed by atoms with van der Waals surface area (Å²) in [5, 5.41) is 20.0. The van der Waals surface area contributed by atoms with Crippen LogP contribution in [0.15, 0.2) is 0 Å². The summed E-state index contributed by atoms with van der Waals surface area (Å²) in [5.74, 6) is 0.535. The maximum absolute atomic E-state index is 13.5. The third-order valence-corrected chi connectivity index (χ3v) is 8.04. The van der Waals surface area contributed by atoms with E-state index in [9.17, 15) is 28.8 Å². The molecule has 0 rings (SSSR count). The Morgan fingerprint density at radius 1 is 0.698 bits per heavy atom. The number of amides is 6. The van der Waals surface area contributed by atoms with Gasteiger partial charge in [-0.05, 0) is 41.9 Å². The Bertz CT molecular complexity index is 1070. The summed E-state index contributed by atoms with van der Waals surface area (Å²) in [6.45, 7) is 27.1. The van der Waals surface area contributed by atoms with Gasteiger partial charge in [-0.15, -0.1) is 0 Å². The fourth-order valence-electron chi connectivity index (χ4n) is 5.16. The number of unbranched alkanes of at least 4 members (excludes halogenated alkanes) is 1. The highest BCUT2D eigenvalue weighted by molar-refractivity contribution is 5.88. The number of carbonyl (C=O) groups excluding carboxylic acids is 6. The SMILES string of the molecule is CC(C)CCCCC(=O)NCCN(CCNC=O)C(=O)C(CCC(C)(C)C)NC(=O)CC(C)(C)C.CC(C)CN(CCNC(=O)C(C)C)C(=O)CCO. The minimum atomic E-state index is -0.646. The zero-order valence-electron chi connectivity index (χ0n) is 35.5. The van der Waals surface area contributed by atoms with Crippen molar-refractivity contribution in [3.05, 3.63) is 0 Å². The summed E-state index contributed by atoms with van der Waals surface area (Å²) in [6.07, 6.45) is 5.83. The van der Waals surface area contributed by atoms with E-state index in [1.165, 1.54) is 0 Å². The molecule has 310 valence electrons. The molecule has 13 nitrogen and oxygen atoms in total. The molecule has 6 amide bonds. The van der Waals surface area contributed by atoms with Crippen LogP contribution in [0.25, 0.3) is 0 Å². The second kappa shape index (κ2) is 28.3. The topological polar surface area (TPSA) is 177 Å². The van der Waals surface area contributed by atoms with Gasteiger partial charge in [0.25, 0.3) is 0 Å². The maximum atomic E-state index is 13.5. The van der Waals surface area contributed by atoms with Gasteiger partial charge >= 0.3 is 0 Å². The largest absolute Gasteiger partial charge is 0.396 e. The molecule has 0 aromatic carbocycles. The fourth-order valence-corrected chi connectivity index (χ4v) is 5.16. The number of carbonyl (C=O) groups is 6. The standard InChI is InChI=1S/C27H52N4O4.C13H26N2O3/c1-21(2)11-9-10-12-23(33)29-16-18-31(17-15-28-20-32)25(35)22(13-14-26(3,4)5)30-24(34)19-27(6,7)8;1-10(2)9-15(12(17)5-8-16)7-6-14-13(18)11(3)4/h20-22H,9-19H2,1-8H3,(H,28,32)(H,29,33)(H,30,34);10-11,16H,5-9H2,1-4H3,(H,14,18). The average molecular weight is 755 g/mol. The summed E-state index contributed by atoms with van der Waals surface area (Å²) in [7, 11) is 0. The van der Waals surface area contributed by atoms with Crippen LogP contribution >= 0.6 is 0 Å². The van der Waals surface area contributed by atoms with Gasteiger partial charge in [-0.2, -0.15) is 0 Å². The van der Waals surface area contributed by atoms with Crippen molar-refractivity contribution in [2.45, 2.75) is 140 Å². The Morgan fingerprint density at radius 3 is 1.79 bits per heavy atom. The number of nitrogens with one attached hydrogen (secondary N) is 4. The summed E-state index contributed by atoms with van der Waals surface area (Å²) in [6, 6.07) is -0.646. The van der Waals surface area contributed by atoms with E-state index in [1.54, 1.807) is 9.80 Å². The quantitative estimate of drug-likeness (QED) is 0.0683. The van der Waals surface area contributed by atoms with Crippen molar-refractivity contribution in [1.82, 2.24) is 31.1 Å². The van der Waals surface area contributed by atoms with Crippen molar-refractivity contribution < 1.29 is 33.9 Å². The Balaban J connectivity index is 0. The lowest BCUT2D eigenvalue weighted by Gasteiger charge is -2.30. The zero-order chi connectivity index (χ0) is 41.2. The normalized spacial score (nSPS) is 12.1. The molecule has 0 bridgehead atoms. The van der Waals surface area contributed by atoms with Crippen molar-refractivity contribution in [2.24, 2.45) is 28.6 Å². The molecule has 0 spiro atoms. The molecule has 0 aliphatic heterocycles. The molecule has 0 aliphatic rings. The van der Waals surface area contributed by atoms with Gasteiger partial charge in [0.15, 0.2) is 0 Å². The van der Waals surface area contributed by atoms with Crippen LogP contribution in [0.5, 0.6) is 0 Å². The van der Waals surface area contributed by atoms with Crippen molar-refractivity contribution in [3.8, 4) is 0 Å². The first kappa shape index (κ1) is 51.9. The van der Waals surface area contributed by atoms with Gasteiger partial charge in [-0.3, -0.25) is 28.8 Å². The molecule has 1 atom stereocenters. The first-order valence-electron chi connectivity index (χ1n) is 19.7. The summed E-state index contributed by atoms with van der Waals surface area (Å²) >= 11 is 0. The minimum Gasteiger partial charge on any atom is -0.396 e. The van der Waals surface area contributed by atoms with Crippen LogP contribution < -0.4 is 21.3 Å². The van der Waals surface area contributed by atoms with Gasteiger partial charge in [0.05, 0.1) is 6.61 Å². The van der Waals surface area contributed by atoms with E-state index in [1.807, 2.05) is 48.5 Å². The van der Waals surface area contributed by atoms with Gasteiger partial charge in [0.1, 0.15) is 6.04 Å². The monoisotopic (exact) mass is 755 g/mol. The Kier molecular flexibility index (Phi) is 27.7. The van der Waals surface area contributed by atoms with Gasteiger partial charge in [0.2, 0.25) is 35.9 Å². The highest BCUT2D eigenvalue weighted by Gasteiger charge is 2.29. The average Bonchev–Trinajstić information content (AvgIpc) is 3.02. The molecule has 0 aromatic rings. The highest BCUT2D eigenvalue weighted by Crippen LogP contribution is 2.23. The summed E-state index contributed by atoms with van der Waals surface area (Å²) in [5.41, 5.74) is -0.171. The minimum absolute atomic E-state index is 0.00546. The predicted molar refractivity (Wildman–Crippen MR) is 213 cm³/mol. The van der Waals surface area contributed by atoms with Gasteiger partial charge in [-0.25, -0.2) is 0 Å². The van der Waals surface area contributed by atoms with Crippen molar-refractivity contribution >= 4 is 35.9 Å². The van der Waals surface area contributed by atoms with E-state index >= 15 is 0 Å². The molecule has 0 aromatic heterocycles. The van der Waals surface area contributed by atoms with E-state index < -0.39 is 6.04 Å². The second-order valence-corrected chi connectivity index (χ2v) is 17.5. The molecule has 13 heteroatoms. The van der Waals surface area contributed by atoms with Crippen LogP contribution in [0, 0.1) is 28.6 Å². The predicted octanol–water partition coefficient (Wildman–Crippen LogP) is 4.27. The Labute approximate surface area is 321 Å². The van der Waals surface area contributed by atoms with E-state index in [0.29, 0.717) is 83.3 Å². The lowest BCUT2D eigenvalue weighted by Crippen LogP contribution is -2.52. The molecular weight excluding hydrogens is 676 g/mol. The number of aliphatic hydroxyl groups excluding tert-OH is 1. The summed E-state index contributed by atoms with van der Waals surface area (Å²) in [4.78, 5) is 75.5. The van der Waals surface area contributed by atoms with E-state index in [0.717, 1.165) is 25.7 Å². The molecule has 0 aliphatic carbocycles. The van der Waals surface area contributed by atoms with Crippen LogP contribution in [0.1, 0.15) is 134 Å². The van der Waals surface area contributed by atoms with Crippen LogP contribution in [-0.2, 0) is 28.8 Å². The first-order valence-corrected chi connectivity index (χ1v) is 19.7. The molecule has 0 saturated carbocycles. The molecule has 5 N–H and O–H groups in total. The third-order valence-electron chi connectivity index (χ3n) is 8.04. The smallest absolute Gasteiger partial charge is 0.245 e. The fraction of sp³-hybridized carbons (Fsp3) is 0.850. The highest BCUT2D eigenvalue weighted by atomic mass is 16.3. The third kappa shape index (κ3) is 30.9. The Hall–Kier alpha value is -3.22. The lowest BCUT2D eigenvalue weighted by atomic mass is 9.88. The number of hydrogen-bond acceptors (Lipinski definition) is 7. The summed E-state index contributed by atoms with van der Waals surface area (Å²) < 4.78 is 0. The second-order valence-electron chi connectivity index (χ2n) is 17.5. The van der Waals surface area contributed by atoms with E-state index in [-0.39, 0.29) is 59.3 Å². The molecule has 0 heterocycles. The maximum Gasteiger partial charge on any atom is 0.245 e. The van der Waals surface area contributed by atoms with Gasteiger partial charge < -0.3 is 36.2 Å². The molecule has 0 radical (unpaired) electrons. The van der Waals surface area contributed by atoms with Crippen molar-refractivity contribution in [1.29, 1.82) is 0 Å². The zero-order valence-corrected chi connectivity index (χ0v) is 35.5. The lowest BCUT2D eigenvalue weighted by molar-refractivity contribution is -0.137. The molecule has 0 saturated heterocycles. The number of hydrogen-bond donors (Lipinski definition) is 5. The molecule has 1 unspecified atom stereocenters. The molecule has 53 heavy (non-hydrogen) atoms. The van der Waals surface area contributed by atoms with Crippen LogP contribution in [-0.4, -0.2) is 109 Å². The Morgan fingerprint density at radius 2 is 1.28 bits per heavy atom. The number of rotatable bonds is 25.